The number of aliphatic hydroxyl groups is 1. The van der Waals surface area contributed by atoms with Gasteiger partial charge in [0.1, 0.15) is 9.84 Å². The summed E-state index contributed by atoms with van der Waals surface area (Å²) in [5, 5.41) is 14.1. The second-order valence-electron chi connectivity index (χ2n) is 10.0. The van der Waals surface area contributed by atoms with E-state index in [1.165, 1.54) is 11.2 Å². The van der Waals surface area contributed by atoms with Crippen LogP contribution in [0, 0.1) is 16.7 Å². The number of benzene rings is 2. The fourth-order valence-electron chi connectivity index (χ4n) is 4.06. The van der Waals surface area contributed by atoms with Gasteiger partial charge in [0.15, 0.2) is 11.2 Å². The Hall–Kier alpha value is -2.64. The fraction of sp³-hybridized carbons (Fsp3) is 0.462. The summed E-state index contributed by atoms with van der Waals surface area (Å²) < 4.78 is 60.4. The van der Waals surface area contributed by atoms with E-state index in [4.69, 9.17) is 8.83 Å². The molecule has 1 amide bonds. The van der Waals surface area contributed by atoms with Crippen molar-refractivity contribution in [2.75, 3.05) is 25.1 Å². The van der Waals surface area contributed by atoms with Crippen LogP contribution in [-0.4, -0.2) is 69.7 Å². The summed E-state index contributed by atoms with van der Waals surface area (Å²) in [5.74, 6) is -1.79. The van der Waals surface area contributed by atoms with Crippen LogP contribution in [0.25, 0.3) is 11.2 Å². The first kappa shape index (κ1) is 29.9. The molecule has 4 atom stereocenters. The molecule has 2 aromatic carbocycles. The lowest BCUT2D eigenvalue weighted by atomic mass is 10.00. The molecule has 1 aromatic heterocycles. The summed E-state index contributed by atoms with van der Waals surface area (Å²) in [6.45, 7) is 5.05. The summed E-state index contributed by atoms with van der Waals surface area (Å²) >= 11 is 0. The number of nitrogens with zero attached hydrogens (tertiary/aromatic N) is 1. The molecular formula is C26H36N2O8S2. The molecular weight excluding hydrogens is 532 g/mol. The Morgan fingerprint density at radius 1 is 0.947 bits per heavy atom. The molecule has 0 saturated heterocycles. The van der Waals surface area contributed by atoms with Crippen molar-refractivity contribution in [2.45, 2.75) is 39.3 Å². The summed E-state index contributed by atoms with van der Waals surface area (Å²) in [6.07, 6.45) is -0.0189. The van der Waals surface area contributed by atoms with Crippen LogP contribution in [0.5, 0.6) is 0 Å². The highest BCUT2D eigenvalue weighted by molar-refractivity contribution is 7.90. The average Bonchev–Trinajstić information content (AvgIpc) is 3.28. The SMILES string of the molecule is CC(C)CN(C[C@@H](O)C(Cc1ccccc1)NC(=O)[C@H](C)CS(C)(=O)=O)S(=O)(O)=c1oc2ccccc2o1. The zero-order chi connectivity index (χ0) is 28.1. The topological polar surface area (TPSA) is 150 Å². The molecule has 0 saturated carbocycles. The Bertz CT molecular complexity index is 1450. The van der Waals surface area contributed by atoms with E-state index in [1.807, 2.05) is 44.2 Å². The normalized spacial score (nSPS) is 16.3. The molecule has 0 radical (unpaired) electrons. The number of carbonyl (C=O) groups is 1. The zero-order valence-electron chi connectivity index (χ0n) is 21.9. The number of hydrogen-bond donors (Lipinski definition) is 3. The van der Waals surface area contributed by atoms with Gasteiger partial charge >= 0.3 is 4.90 Å². The van der Waals surface area contributed by atoms with Gasteiger partial charge in [0, 0.05) is 25.3 Å². The number of sulfone groups is 1. The molecule has 3 rings (SSSR count). The lowest BCUT2D eigenvalue weighted by Crippen LogP contribution is -2.52. The number of fused-ring (bicyclic) bond motifs is 1. The van der Waals surface area contributed by atoms with Gasteiger partial charge in [-0.3, -0.25) is 9.35 Å². The van der Waals surface area contributed by atoms with E-state index in [9.17, 15) is 27.1 Å². The fourth-order valence-corrected chi connectivity index (χ4v) is 6.58. The van der Waals surface area contributed by atoms with Crippen LogP contribution in [0.15, 0.2) is 63.4 Å². The number of carbonyl (C=O) groups excluding carboxylic acids is 1. The first-order valence-corrected chi connectivity index (χ1v) is 15.8. The van der Waals surface area contributed by atoms with Gasteiger partial charge in [-0.2, -0.15) is 0 Å². The summed E-state index contributed by atoms with van der Waals surface area (Å²) in [6, 6.07) is 14.9. The third-order valence-electron chi connectivity index (χ3n) is 5.85. The number of rotatable bonds is 12. The van der Waals surface area contributed by atoms with Gasteiger partial charge in [0.05, 0.1) is 17.9 Å². The van der Waals surface area contributed by atoms with Crippen molar-refractivity contribution in [2.24, 2.45) is 11.8 Å². The molecule has 12 heteroatoms. The second-order valence-corrected chi connectivity index (χ2v) is 14.0. The zero-order valence-corrected chi connectivity index (χ0v) is 23.6. The van der Waals surface area contributed by atoms with Crippen molar-refractivity contribution in [1.82, 2.24) is 9.62 Å². The molecule has 210 valence electrons. The maximum absolute atomic E-state index is 13.6. The maximum atomic E-state index is 13.6. The van der Waals surface area contributed by atoms with Crippen molar-refractivity contribution in [3.05, 3.63) is 65.1 Å². The summed E-state index contributed by atoms with van der Waals surface area (Å²) in [5.41, 5.74) is 1.44. The van der Waals surface area contributed by atoms with Crippen molar-refractivity contribution >= 4 is 36.9 Å². The highest BCUT2D eigenvalue weighted by Gasteiger charge is 2.31. The minimum absolute atomic E-state index is 0.0588. The lowest BCUT2D eigenvalue weighted by Gasteiger charge is -2.31. The molecule has 1 heterocycles. The maximum Gasteiger partial charge on any atom is 0.389 e. The summed E-state index contributed by atoms with van der Waals surface area (Å²) in [4.78, 5) is 12.4. The molecule has 0 bridgehead atoms. The minimum Gasteiger partial charge on any atom is -0.413 e. The van der Waals surface area contributed by atoms with Crippen LogP contribution < -0.4 is 5.32 Å². The average molecular weight is 569 g/mol. The molecule has 3 aromatic rings. The third-order valence-corrected chi connectivity index (χ3v) is 8.56. The van der Waals surface area contributed by atoms with Crippen LogP contribution in [0.2, 0.25) is 0 Å². The molecule has 0 spiro atoms. The molecule has 0 aliphatic rings. The van der Waals surface area contributed by atoms with E-state index < -0.39 is 48.7 Å². The Morgan fingerprint density at radius 2 is 1.50 bits per heavy atom. The minimum atomic E-state index is -4.03. The van der Waals surface area contributed by atoms with Gasteiger partial charge in [-0.1, -0.05) is 63.2 Å². The largest absolute Gasteiger partial charge is 0.413 e. The number of hydrogen-bond acceptors (Lipinski definition) is 7. The molecule has 38 heavy (non-hydrogen) atoms. The van der Waals surface area contributed by atoms with Crippen molar-refractivity contribution in [3.63, 3.8) is 0 Å². The monoisotopic (exact) mass is 568 g/mol. The smallest absolute Gasteiger partial charge is 0.389 e. The van der Waals surface area contributed by atoms with E-state index in [2.05, 4.69) is 5.32 Å². The van der Waals surface area contributed by atoms with E-state index in [0.717, 1.165) is 11.8 Å². The first-order valence-electron chi connectivity index (χ1n) is 12.3. The molecule has 0 fully saturated rings. The number of nitrogens with one attached hydrogen (secondary N) is 1. The van der Waals surface area contributed by atoms with Crippen molar-refractivity contribution < 1.29 is 35.9 Å². The Balaban J connectivity index is 1.94. The van der Waals surface area contributed by atoms with Crippen LogP contribution in [0.3, 0.4) is 0 Å². The van der Waals surface area contributed by atoms with E-state index in [-0.39, 0.29) is 31.2 Å². The Kier molecular flexibility index (Phi) is 9.82. The summed E-state index contributed by atoms with van der Waals surface area (Å²) in [7, 11) is -7.43. The van der Waals surface area contributed by atoms with Crippen molar-refractivity contribution in [1.29, 1.82) is 0 Å². The number of para-hydroxylation sites is 2. The van der Waals surface area contributed by atoms with Gasteiger partial charge in [0.2, 0.25) is 15.9 Å². The Morgan fingerprint density at radius 3 is 2.03 bits per heavy atom. The Labute approximate surface area is 223 Å². The van der Waals surface area contributed by atoms with Crippen LogP contribution in [-0.2, 0) is 31.0 Å². The quantitative estimate of drug-likeness (QED) is 0.282. The predicted octanol–water partition coefficient (Wildman–Crippen LogP) is 2.96. The standard InChI is InChI=1S/C26H36N2O8S2/c1-18(2)15-28(38(33,34)26-35-23-12-8-9-13-24(23)36-26)16-22(29)21(14-20-10-6-5-7-11-20)27-25(30)19(3)17-37(4,31)32/h5-13,18-19,21-22,29H,14-17H2,1-4H3,(H,27,30)(H,33,34)/t19-,21?,22-/m1/s1. The molecule has 3 N–H and O–H groups in total. The predicted molar refractivity (Wildman–Crippen MR) is 146 cm³/mol. The van der Waals surface area contributed by atoms with Gasteiger partial charge in [0.25, 0.3) is 0 Å². The number of amides is 1. The first-order chi connectivity index (χ1) is 17.8. The van der Waals surface area contributed by atoms with E-state index in [1.54, 1.807) is 24.3 Å². The van der Waals surface area contributed by atoms with E-state index in [0.29, 0.717) is 11.2 Å². The highest BCUT2D eigenvalue weighted by Crippen LogP contribution is 2.20. The lowest BCUT2D eigenvalue weighted by molar-refractivity contribution is -0.125. The van der Waals surface area contributed by atoms with Crippen molar-refractivity contribution in [3.8, 4) is 0 Å². The van der Waals surface area contributed by atoms with Gasteiger partial charge in [-0.15, -0.1) is 0 Å². The molecule has 10 nitrogen and oxygen atoms in total. The molecule has 0 aliphatic heterocycles. The van der Waals surface area contributed by atoms with Gasteiger partial charge < -0.3 is 19.3 Å². The van der Waals surface area contributed by atoms with Crippen LogP contribution in [0.4, 0.5) is 0 Å². The third kappa shape index (κ3) is 8.18. The molecule has 0 aliphatic carbocycles. The van der Waals surface area contributed by atoms with Gasteiger partial charge in [-0.25, -0.2) is 16.9 Å². The van der Waals surface area contributed by atoms with Crippen LogP contribution >= 0.6 is 0 Å². The van der Waals surface area contributed by atoms with Gasteiger partial charge in [-0.05, 0) is 30.0 Å². The van der Waals surface area contributed by atoms with E-state index >= 15 is 0 Å². The second kappa shape index (κ2) is 12.5. The number of aliphatic hydroxyl groups excluding tert-OH is 1. The van der Waals surface area contributed by atoms with Crippen LogP contribution in [0.1, 0.15) is 26.3 Å². The highest BCUT2D eigenvalue weighted by atomic mass is 32.2. The molecule has 2 unspecified atom stereocenters.